The van der Waals surface area contributed by atoms with E-state index < -0.39 is 0 Å². The predicted octanol–water partition coefficient (Wildman–Crippen LogP) is -0.582. The van der Waals surface area contributed by atoms with E-state index in [2.05, 4.69) is 20.8 Å². The molecule has 0 radical (unpaired) electrons. The molecule has 1 unspecified atom stereocenters. The monoisotopic (exact) mass is 208 g/mol. The van der Waals surface area contributed by atoms with Crippen LogP contribution in [0.1, 0.15) is 23.3 Å². The number of rotatable bonds is 2. The van der Waals surface area contributed by atoms with E-state index in [-0.39, 0.29) is 17.9 Å². The Balaban J connectivity index is 1.87. The SMILES string of the molecule is O=C1CCC(NC(=O)c2ccn[nH]2)CN1. The zero-order valence-corrected chi connectivity index (χ0v) is 8.12. The van der Waals surface area contributed by atoms with E-state index in [4.69, 9.17) is 0 Å². The second-order valence-corrected chi connectivity index (χ2v) is 3.48. The van der Waals surface area contributed by atoms with Crippen LogP contribution in [0.2, 0.25) is 0 Å². The summed E-state index contributed by atoms with van der Waals surface area (Å²) in [6.07, 6.45) is 2.68. The van der Waals surface area contributed by atoms with Crippen LogP contribution >= 0.6 is 0 Å². The first-order chi connectivity index (χ1) is 7.25. The molecule has 2 rings (SSSR count). The summed E-state index contributed by atoms with van der Waals surface area (Å²) in [7, 11) is 0. The van der Waals surface area contributed by atoms with Gasteiger partial charge in [0.2, 0.25) is 5.91 Å². The van der Waals surface area contributed by atoms with Gasteiger partial charge < -0.3 is 10.6 Å². The molecule has 2 heterocycles. The number of amides is 2. The first-order valence-corrected chi connectivity index (χ1v) is 4.82. The van der Waals surface area contributed by atoms with Gasteiger partial charge in [-0.25, -0.2) is 0 Å². The lowest BCUT2D eigenvalue weighted by molar-refractivity contribution is -0.122. The third-order valence-electron chi connectivity index (χ3n) is 2.35. The van der Waals surface area contributed by atoms with Crippen molar-refractivity contribution in [3.8, 4) is 0 Å². The summed E-state index contributed by atoms with van der Waals surface area (Å²) in [6.45, 7) is 0.499. The van der Waals surface area contributed by atoms with Crippen LogP contribution in [-0.4, -0.2) is 34.6 Å². The average molecular weight is 208 g/mol. The average Bonchev–Trinajstić information content (AvgIpc) is 2.74. The Kier molecular flexibility index (Phi) is 2.66. The van der Waals surface area contributed by atoms with Gasteiger partial charge in [0.25, 0.3) is 5.91 Å². The number of aromatic nitrogens is 2. The van der Waals surface area contributed by atoms with Crippen molar-refractivity contribution in [1.29, 1.82) is 0 Å². The lowest BCUT2D eigenvalue weighted by Gasteiger charge is -2.22. The van der Waals surface area contributed by atoms with Gasteiger partial charge in [0, 0.05) is 25.2 Å². The van der Waals surface area contributed by atoms with Gasteiger partial charge in [0.05, 0.1) is 0 Å². The van der Waals surface area contributed by atoms with Crippen LogP contribution in [0.25, 0.3) is 0 Å². The maximum atomic E-state index is 11.6. The van der Waals surface area contributed by atoms with E-state index >= 15 is 0 Å². The molecule has 1 aliphatic rings. The van der Waals surface area contributed by atoms with E-state index in [0.29, 0.717) is 25.1 Å². The van der Waals surface area contributed by atoms with Crippen molar-refractivity contribution < 1.29 is 9.59 Å². The third-order valence-corrected chi connectivity index (χ3v) is 2.35. The fourth-order valence-electron chi connectivity index (χ4n) is 1.50. The molecule has 1 aromatic rings. The van der Waals surface area contributed by atoms with Crippen LogP contribution in [0.15, 0.2) is 12.3 Å². The summed E-state index contributed by atoms with van der Waals surface area (Å²) in [5.74, 6) is -0.143. The van der Waals surface area contributed by atoms with Crippen molar-refractivity contribution in [2.45, 2.75) is 18.9 Å². The minimum Gasteiger partial charge on any atom is -0.354 e. The van der Waals surface area contributed by atoms with Crippen LogP contribution in [0, 0.1) is 0 Å². The Morgan fingerprint density at radius 3 is 3.07 bits per heavy atom. The second-order valence-electron chi connectivity index (χ2n) is 3.48. The maximum Gasteiger partial charge on any atom is 0.269 e. The van der Waals surface area contributed by atoms with Crippen LogP contribution in [0.5, 0.6) is 0 Å². The van der Waals surface area contributed by atoms with Crippen molar-refractivity contribution in [3.63, 3.8) is 0 Å². The van der Waals surface area contributed by atoms with Gasteiger partial charge in [0.1, 0.15) is 5.69 Å². The Labute approximate surface area is 86.4 Å². The summed E-state index contributed by atoms with van der Waals surface area (Å²) in [4.78, 5) is 22.4. The van der Waals surface area contributed by atoms with Gasteiger partial charge in [-0.05, 0) is 12.5 Å². The summed E-state index contributed by atoms with van der Waals surface area (Å²) in [6, 6.07) is 1.62. The first kappa shape index (κ1) is 9.70. The third kappa shape index (κ3) is 2.34. The molecule has 6 nitrogen and oxygen atoms in total. The van der Waals surface area contributed by atoms with Crippen LogP contribution in [0.4, 0.5) is 0 Å². The topological polar surface area (TPSA) is 86.9 Å². The molecule has 0 saturated carbocycles. The molecule has 3 N–H and O–H groups in total. The largest absolute Gasteiger partial charge is 0.354 e. The molecule has 1 atom stereocenters. The smallest absolute Gasteiger partial charge is 0.269 e. The Bertz CT molecular complexity index is 350. The van der Waals surface area contributed by atoms with Gasteiger partial charge in [-0.1, -0.05) is 0 Å². The highest BCUT2D eigenvalue weighted by Gasteiger charge is 2.20. The van der Waals surface area contributed by atoms with E-state index in [1.807, 2.05) is 0 Å². The highest BCUT2D eigenvalue weighted by molar-refractivity contribution is 5.92. The minimum absolute atomic E-state index is 0.0125. The van der Waals surface area contributed by atoms with Crippen molar-refractivity contribution in [3.05, 3.63) is 18.0 Å². The van der Waals surface area contributed by atoms with Gasteiger partial charge in [-0.2, -0.15) is 5.10 Å². The molecule has 0 aliphatic carbocycles. The highest BCUT2D eigenvalue weighted by atomic mass is 16.2. The maximum absolute atomic E-state index is 11.6. The molecular formula is C9H12N4O2. The van der Waals surface area contributed by atoms with E-state index in [9.17, 15) is 9.59 Å². The normalized spacial score (nSPS) is 20.8. The van der Waals surface area contributed by atoms with Gasteiger partial charge in [-0.15, -0.1) is 0 Å². The number of hydrogen-bond acceptors (Lipinski definition) is 3. The number of hydrogen-bond donors (Lipinski definition) is 3. The zero-order valence-electron chi connectivity index (χ0n) is 8.12. The Morgan fingerprint density at radius 1 is 1.60 bits per heavy atom. The molecule has 80 valence electrons. The van der Waals surface area contributed by atoms with Crippen molar-refractivity contribution >= 4 is 11.8 Å². The molecule has 0 aromatic carbocycles. The molecule has 1 aliphatic heterocycles. The van der Waals surface area contributed by atoms with E-state index in [1.165, 1.54) is 6.20 Å². The molecule has 15 heavy (non-hydrogen) atoms. The standard InChI is InChI=1S/C9H12N4O2/c14-8-2-1-6(5-10-8)12-9(15)7-3-4-11-13-7/h3-4,6H,1-2,5H2,(H,10,14)(H,11,13)(H,12,15). The van der Waals surface area contributed by atoms with E-state index in [1.54, 1.807) is 6.07 Å². The fourth-order valence-corrected chi connectivity index (χ4v) is 1.50. The molecule has 1 aromatic heterocycles. The van der Waals surface area contributed by atoms with Crippen molar-refractivity contribution in [1.82, 2.24) is 20.8 Å². The van der Waals surface area contributed by atoms with E-state index in [0.717, 1.165) is 0 Å². The number of nitrogens with one attached hydrogen (secondary N) is 3. The van der Waals surface area contributed by atoms with Crippen LogP contribution < -0.4 is 10.6 Å². The molecule has 1 saturated heterocycles. The first-order valence-electron chi connectivity index (χ1n) is 4.82. The second kappa shape index (κ2) is 4.12. The number of piperidine rings is 1. The Hall–Kier alpha value is -1.85. The number of aromatic amines is 1. The minimum atomic E-state index is -0.186. The van der Waals surface area contributed by atoms with Gasteiger partial charge >= 0.3 is 0 Å². The summed E-state index contributed by atoms with van der Waals surface area (Å²) in [5, 5.41) is 11.8. The van der Waals surface area contributed by atoms with Gasteiger partial charge in [-0.3, -0.25) is 14.7 Å². The zero-order chi connectivity index (χ0) is 10.7. The number of carbonyl (C=O) groups is 2. The molecule has 1 fully saturated rings. The van der Waals surface area contributed by atoms with Crippen LogP contribution in [-0.2, 0) is 4.79 Å². The van der Waals surface area contributed by atoms with Crippen molar-refractivity contribution in [2.75, 3.05) is 6.54 Å². The van der Waals surface area contributed by atoms with Crippen molar-refractivity contribution in [2.24, 2.45) is 0 Å². The summed E-state index contributed by atoms with van der Waals surface area (Å²) >= 11 is 0. The molecule has 6 heteroatoms. The lowest BCUT2D eigenvalue weighted by Crippen LogP contribution is -2.47. The van der Waals surface area contributed by atoms with Crippen LogP contribution in [0.3, 0.4) is 0 Å². The molecule has 0 spiro atoms. The molecule has 0 bridgehead atoms. The molecule has 2 amide bonds. The quantitative estimate of drug-likeness (QED) is 0.607. The number of nitrogens with zero attached hydrogens (tertiary/aromatic N) is 1. The summed E-state index contributed by atoms with van der Waals surface area (Å²) in [5.41, 5.74) is 0.437. The molecular weight excluding hydrogens is 196 g/mol. The lowest BCUT2D eigenvalue weighted by atomic mass is 10.1. The predicted molar refractivity (Wildman–Crippen MR) is 52.1 cm³/mol. The number of H-pyrrole nitrogens is 1. The van der Waals surface area contributed by atoms with Gasteiger partial charge in [0.15, 0.2) is 0 Å². The summed E-state index contributed by atoms with van der Waals surface area (Å²) < 4.78 is 0. The number of carbonyl (C=O) groups excluding carboxylic acids is 2. The fraction of sp³-hybridized carbons (Fsp3) is 0.444. The Morgan fingerprint density at radius 2 is 2.47 bits per heavy atom. The highest BCUT2D eigenvalue weighted by Crippen LogP contribution is 2.03.